The number of nitrogens with zero attached hydrogens (tertiary/aromatic N) is 2. The molecule has 3 nitrogen and oxygen atoms in total. The summed E-state index contributed by atoms with van der Waals surface area (Å²) in [5.41, 5.74) is 7.36. The number of imidazole rings is 1. The third-order valence-electron chi connectivity index (χ3n) is 4.25. The topological polar surface area (TPSA) is 43.8 Å². The van der Waals surface area contributed by atoms with Crippen LogP contribution in [-0.2, 0) is 6.54 Å². The Morgan fingerprint density at radius 3 is 2.50 bits per heavy atom. The second-order valence-electron chi connectivity index (χ2n) is 5.64. The third-order valence-corrected chi connectivity index (χ3v) is 4.25. The molecule has 2 saturated carbocycles. The Hall–Kier alpha value is -1.43. The van der Waals surface area contributed by atoms with Gasteiger partial charge < -0.3 is 10.3 Å². The molecule has 1 aromatic rings. The maximum Gasteiger partial charge on any atom is 0.127 e. The number of terminal acetylenes is 1. The molecule has 0 radical (unpaired) electrons. The van der Waals surface area contributed by atoms with Crippen LogP contribution >= 0.6 is 0 Å². The number of anilines is 1. The average molecular weight is 243 g/mol. The van der Waals surface area contributed by atoms with Crippen molar-refractivity contribution < 1.29 is 0 Å². The number of rotatable bonds is 3. The van der Waals surface area contributed by atoms with Gasteiger partial charge in [-0.3, -0.25) is 0 Å². The summed E-state index contributed by atoms with van der Waals surface area (Å²) in [7, 11) is 0. The van der Waals surface area contributed by atoms with Crippen LogP contribution in [0, 0.1) is 12.3 Å². The molecule has 18 heavy (non-hydrogen) atoms. The quantitative estimate of drug-likeness (QED) is 0.829. The number of aromatic nitrogens is 2. The first-order chi connectivity index (χ1) is 8.81. The summed E-state index contributed by atoms with van der Waals surface area (Å²) in [6.45, 7) is 0.567. The van der Waals surface area contributed by atoms with Crippen molar-refractivity contribution in [2.24, 2.45) is 0 Å². The van der Waals surface area contributed by atoms with Crippen LogP contribution in [0.3, 0.4) is 0 Å². The third kappa shape index (κ3) is 2.01. The Morgan fingerprint density at radius 1 is 1.17 bits per heavy atom. The Balaban J connectivity index is 1.95. The van der Waals surface area contributed by atoms with Crippen molar-refractivity contribution >= 4 is 5.82 Å². The fourth-order valence-electron chi connectivity index (χ4n) is 3.09. The lowest BCUT2D eigenvalue weighted by atomic mass is 9.88. The highest BCUT2D eigenvalue weighted by Gasteiger charge is 2.32. The van der Waals surface area contributed by atoms with Gasteiger partial charge in [0.25, 0.3) is 0 Å². The van der Waals surface area contributed by atoms with Gasteiger partial charge in [-0.25, -0.2) is 4.98 Å². The summed E-state index contributed by atoms with van der Waals surface area (Å²) in [6, 6.07) is 0. The van der Waals surface area contributed by atoms with Gasteiger partial charge in [-0.15, -0.1) is 6.42 Å². The van der Waals surface area contributed by atoms with Crippen molar-refractivity contribution in [3.63, 3.8) is 0 Å². The summed E-state index contributed by atoms with van der Waals surface area (Å²) in [5, 5.41) is 0. The van der Waals surface area contributed by atoms with E-state index in [4.69, 9.17) is 17.1 Å². The van der Waals surface area contributed by atoms with E-state index in [1.54, 1.807) is 0 Å². The molecule has 0 bridgehead atoms. The van der Waals surface area contributed by atoms with E-state index in [0.29, 0.717) is 18.4 Å². The van der Waals surface area contributed by atoms with Gasteiger partial charge in [0, 0.05) is 11.8 Å². The first-order valence-corrected chi connectivity index (χ1v) is 7.10. The average Bonchev–Trinajstić information content (AvgIpc) is 3.19. The molecule has 2 aliphatic carbocycles. The van der Waals surface area contributed by atoms with E-state index in [-0.39, 0.29) is 0 Å². The first kappa shape index (κ1) is 11.6. The molecule has 2 fully saturated rings. The van der Waals surface area contributed by atoms with Crippen LogP contribution in [0.2, 0.25) is 0 Å². The second kappa shape index (κ2) is 4.68. The van der Waals surface area contributed by atoms with Crippen LogP contribution in [0.5, 0.6) is 0 Å². The van der Waals surface area contributed by atoms with Gasteiger partial charge in [0.15, 0.2) is 0 Å². The lowest BCUT2D eigenvalue weighted by Crippen LogP contribution is -2.13. The Kier molecular flexibility index (Phi) is 3.03. The van der Waals surface area contributed by atoms with Crippen molar-refractivity contribution in [1.29, 1.82) is 0 Å². The molecule has 0 aliphatic heterocycles. The molecule has 3 heteroatoms. The minimum absolute atomic E-state index is 0.567. The fraction of sp³-hybridized carbons (Fsp3) is 0.667. The van der Waals surface area contributed by atoms with E-state index in [9.17, 15) is 0 Å². The summed E-state index contributed by atoms with van der Waals surface area (Å²) in [4.78, 5) is 4.86. The number of hydrogen-bond donors (Lipinski definition) is 1. The van der Waals surface area contributed by atoms with Crippen molar-refractivity contribution in [3.8, 4) is 12.3 Å². The minimum atomic E-state index is 0.567. The molecular weight excluding hydrogens is 222 g/mol. The monoisotopic (exact) mass is 243 g/mol. The van der Waals surface area contributed by atoms with Gasteiger partial charge >= 0.3 is 0 Å². The molecular formula is C15H21N3. The molecule has 2 N–H and O–H groups in total. The Labute approximate surface area is 109 Å². The molecule has 0 amide bonds. The maximum absolute atomic E-state index is 6.24. The summed E-state index contributed by atoms with van der Waals surface area (Å²) in [5.74, 6) is 5.88. The van der Waals surface area contributed by atoms with Crippen LogP contribution in [0.25, 0.3) is 0 Å². The van der Waals surface area contributed by atoms with Crippen molar-refractivity contribution in [1.82, 2.24) is 9.55 Å². The summed E-state index contributed by atoms with van der Waals surface area (Å²) in [6.07, 6.45) is 14.4. The van der Waals surface area contributed by atoms with Crippen molar-refractivity contribution in [3.05, 3.63) is 11.5 Å². The SMILES string of the molecule is C#CCn1c(C2CCCCC2)nc(C2CC2)c1N. The van der Waals surface area contributed by atoms with E-state index < -0.39 is 0 Å². The van der Waals surface area contributed by atoms with Crippen LogP contribution in [-0.4, -0.2) is 9.55 Å². The van der Waals surface area contributed by atoms with E-state index in [2.05, 4.69) is 10.5 Å². The molecule has 1 aromatic heterocycles. The standard InChI is InChI=1S/C15H21N3/c1-2-10-18-14(16)13(11-8-9-11)17-15(18)12-6-4-3-5-7-12/h1,11-12H,3-10,16H2. The smallest absolute Gasteiger partial charge is 0.127 e. The first-order valence-electron chi connectivity index (χ1n) is 7.10. The normalized spacial score (nSPS) is 20.8. The van der Waals surface area contributed by atoms with Gasteiger partial charge in [-0.2, -0.15) is 0 Å². The second-order valence-corrected chi connectivity index (χ2v) is 5.64. The number of nitrogens with two attached hydrogens (primary N) is 1. The minimum Gasteiger partial charge on any atom is -0.384 e. The molecule has 1 heterocycles. The molecule has 2 aliphatic rings. The highest BCUT2D eigenvalue weighted by Crippen LogP contribution is 2.44. The lowest BCUT2D eigenvalue weighted by molar-refractivity contribution is 0.420. The van der Waals surface area contributed by atoms with E-state index in [1.807, 2.05) is 0 Å². The van der Waals surface area contributed by atoms with Gasteiger partial charge in [0.1, 0.15) is 11.6 Å². The summed E-state index contributed by atoms with van der Waals surface area (Å²) < 4.78 is 2.09. The number of hydrogen-bond acceptors (Lipinski definition) is 2. The Morgan fingerprint density at radius 2 is 1.89 bits per heavy atom. The van der Waals surface area contributed by atoms with E-state index >= 15 is 0 Å². The predicted molar refractivity (Wildman–Crippen MR) is 73.3 cm³/mol. The van der Waals surface area contributed by atoms with Crippen molar-refractivity contribution in [2.45, 2.75) is 63.3 Å². The zero-order valence-corrected chi connectivity index (χ0v) is 10.9. The maximum atomic E-state index is 6.24. The van der Waals surface area contributed by atoms with Gasteiger partial charge in [-0.05, 0) is 25.7 Å². The van der Waals surface area contributed by atoms with Crippen LogP contribution in [0.1, 0.15) is 68.3 Å². The van der Waals surface area contributed by atoms with Crippen molar-refractivity contribution in [2.75, 3.05) is 5.73 Å². The van der Waals surface area contributed by atoms with Crippen LogP contribution < -0.4 is 5.73 Å². The summed E-state index contributed by atoms with van der Waals surface area (Å²) >= 11 is 0. The Bertz CT molecular complexity index is 471. The molecule has 0 spiro atoms. The fourth-order valence-corrected chi connectivity index (χ4v) is 3.09. The van der Waals surface area contributed by atoms with Gasteiger partial charge in [-0.1, -0.05) is 25.2 Å². The molecule has 96 valence electrons. The van der Waals surface area contributed by atoms with E-state index in [1.165, 1.54) is 44.9 Å². The van der Waals surface area contributed by atoms with E-state index in [0.717, 1.165) is 17.3 Å². The molecule has 0 unspecified atom stereocenters. The predicted octanol–water partition coefficient (Wildman–Crippen LogP) is 3.02. The van der Waals surface area contributed by atoms with Gasteiger partial charge in [0.2, 0.25) is 0 Å². The molecule has 0 atom stereocenters. The number of nitrogen functional groups attached to an aromatic ring is 1. The highest BCUT2D eigenvalue weighted by atomic mass is 15.1. The zero-order valence-electron chi connectivity index (χ0n) is 10.9. The molecule has 0 aromatic carbocycles. The molecule has 0 saturated heterocycles. The van der Waals surface area contributed by atoms with Crippen LogP contribution in [0.4, 0.5) is 5.82 Å². The largest absolute Gasteiger partial charge is 0.384 e. The van der Waals surface area contributed by atoms with Gasteiger partial charge in [0.05, 0.1) is 12.2 Å². The van der Waals surface area contributed by atoms with Crippen LogP contribution in [0.15, 0.2) is 0 Å². The molecule has 3 rings (SSSR count). The highest BCUT2D eigenvalue weighted by molar-refractivity contribution is 5.43. The lowest BCUT2D eigenvalue weighted by Gasteiger charge is -2.21. The zero-order chi connectivity index (χ0) is 12.5.